The van der Waals surface area contributed by atoms with Gasteiger partial charge in [0.25, 0.3) is 0 Å². The van der Waals surface area contributed by atoms with Crippen LogP contribution in [-0.4, -0.2) is 35.5 Å². The van der Waals surface area contributed by atoms with Gasteiger partial charge in [-0.05, 0) is 37.5 Å². The van der Waals surface area contributed by atoms with E-state index in [1.807, 2.05) is 0 Å². The summed E-state index contributed by atoms with van der Waals surface area (Å²) in [6.45, 7) is 3.13. The van der Waals surface area contributed by atoms with E-state index >= 15 is 0 Å². The van der Waals surface area contributed by atoms with Gasteiger partial charge in [0.15, 0.2) is 0 Å². The first-order chi connectivity index (χ1) is 8.35. The summed E-state index contributed by atoms with van der Waals surface area (Å²) in [5, 5.41) is 0. The zero-order valence-corrected chi connectivity index (χ0v) is 11.1. The number of hydrogen-bond acceptors (Lipinski definition) is 4. The van der Waals surface area contributed by atoms with Crippen LogP contribution in [0.1, 0.15) is 25.7 Å². The maximum Gasteiger partial charge on any atom is 0.679 e. The van der Waals surface area contributed by atoms with Crippen LogP contribution in [-0.2, 0) is 17.7 Å². The first-order valence-corrected chi connectivity index (χ1v) is 8.54. The monoisotopic (exact) mass is 256 g/mol. The molecule has 5 heteroatoms. The van der Waals surface area contributed by atoms with E-state index in [4.69, 9.17) is 17.7 Å². The van der Waals surface area contributed by atoms with E-state index in [-0.39, 0.29) is 0 Å². The topological polar surface area (TPSA) is 36.9 Å². The third-order valence-corrected chi connectivity index (χ3v) is 6.55. The molecule has 0 radical (unpaired) electrons. The zero-order chi connectivity index (χ0) is 11.3. The Hall–Kier alpha value is 0.0569. The molecule has 0 unspecified atom stereocenters. The molecule has 96 valence electrons. The van der Waals surface area contributed by atoms with Crippen LogP contribution in [0.2, 0.25) is 0 Å². The van der Waals surface area contributed by atoms with Gasteiger partial charge < -0.3 is 17.7 Å². The van der Waals surface area contributed by atoms with Gasteiger partial charge in [-0.2, -0.15) is 0 Å². The zero-order valence-electron chi connectivity index (χ0n) is 10.1. The van der Waals surface area contributed by atoms with Gasteiger partial charge in [-0.1, -0.05) is 0 Å². The second kappa shape index (κ2) is 4.03. The normalized spacial score (nSPS) is 47.3. The third-order valence-electron chi connectivity index (χ3n) is 4.47. The fourth-order valence-electron chi connectivity index (χ4n) is 2.86. The molecule has 2 aliphatic carbocycles. The molecule has 2 saturated carbocycles. The van der Waals surface area contributed by atoms with Crippen LogP contribution in [0, 0.1) is 23.7 Å². The molecule has 0 N–H and O–H groups in total. The summed E-state index contributed by atoms with van der Waals surface area (Å²) >= 11 is 0. The summed E-state index contributed by atoms with van der Waals surface area (Å²) in [5.74, 6) is 2.84. The van der Waals surface area contributed by atoms with Crippen LogP contribution in [0.5, 0.6) is 0 Å². The molecule has 4 rings (SSSR count). The van der Waals surface area contributed by atoms with E-state index in [1.165, 1.54) is 25.7 Å². The lowest BCUT2D eigenvalue weighted by molar-refractivity contribution is -0.120. The van der Waals surface area contributed by atoms with Crippen LogP contribution in [0.3, 0.4) is 0 Å². The molecule has 2 aliphatic heterocycles. The molecule has 17 heavy (non-hydrogen) atoms. The highest BCUT2D eigenvalue weighted by molar-refractivity contribution is 6.53. The van der Waals surface area contributed by atoms with Gasteiger partial charge in [0, 0.05) is 38.3 Å². The molecule has 0 amide bonds. The predicted octanol–water partition coefficient (Wildman–Crippen LogP) is 1.57. The second-order valence-corrected chi connectivity index (χ2v) is 8.09. The maximum atomic E-state index is 5.84. The van der Waals surface area contributed by atoms with Crippen molar-refractivity contribution in [3.8, 4) is 0 Å². The first-order valence-electron chi connectivity index (χ1n) is 6.90. The Labute approximate surface area is 103 Å². The lowest BCUT2D eigenvalue weighted by Gasteiger charge is -2.39. The van der Waals surface area contributed by atoms with E-state index in [0.717, 1.165) is 38.3 Å². The van der Waals surface area contributed by atoms with Crippen molar-refractivity contribution in [1.29, 1.82) is 0 Å². The molecule has 4 nitrogen and oxygen atoms in total. The Morgan fingerprint density at radius 3 is 1.18 bits per heavy atom. The standard InChI is InChI=1S/C12H20O4Si/c1-2-9(1)11-5-13-17(14-6-11)15-7-12(8-16-17)10-3-4-10/h9-12H,1-8H2. The first kappa shape index (κ1) is 10.9. The Bertz CT molecular complexity index is 253. The number of hydrogen-bond donors (Lipinski definition) is 0. The van der Waals surface area contributed by atoms with Gasteiger partial charge in [-0.3, -0.25) is 0 Å². The summed E-state index contributed by atoms with van der Waals surface area (Å²) in [6.07, 6.45) is 5.38. The van der Waals surface area contributed by atoms with E-state index in [2.05, 4.69) is 0 Å². The Morgan fingerprint density at radius 1 is 0.529 bits per heavy atom. The summed E-state index contributed by atoms with van der Waals surface area (Å²) in [7, 11) is -2.69. The third kappa shape index (κ3) is 2.19. The van der Waals surface area contributed by atoms with Crippen LogP contribution in [0.4, 0.5) is 0 Å². The number of rotatable bonds is 2. The van der Waals surface area contributed by atoms with Crippen molar-refractivity contribution in [2.45, 2.75) is 25.7 Å². The molecule has 0 aromatic carbocycles. The molecule has 0 aromatic heterocycles. The molecular formula is C12H20O4Si. The van der Waals surface area contributed by atoms with Gasteiger partial charge in [-0.15, -0.1) is 0 Å². The van der Waals surface area contributed by atoms with E-state index in [0.29, 0.717) is 11.8 Å². The van der Waals surface area contributed by atoms with Crippen molar-refractivity contribution in [3.05, 3.63) is 0 Å². The quantitative estimate of drug-likeness (QED) is 0.703. The van der Waals surface area contributed by atoms with E-state index < -0.39 is 9.05 Å². The fraction of sp³-hybridized carbons (Fsp3) is 1.00. The minimum Gasteiger partial charge on any atom is -0.351 e. The van der Waals surface area contributed by atoms with Crippen LogP contribution in [0.15, 0.2) is 0 Å². The highest BCUT2D eigenvalue weighted by Crippen LogP contribution is 2.42. The van der Waals surface area contributed by atoms with Crippen LogP contribution >= 0.6 is 0 Å². The van der Waals surface area contributed by atoms with Crippen molar-refractivity contribution >= 4 is 9.05 Å². The Balaban J connectivity index is 1.32. The minimum absolute atomic E-state index is 0.585. The predicted molar refractivity (Wildman–Crippen MR) is 62.0 cm³/mol. The van der Waals surface area contributed by atoms with Crippen LogP contribution in [0.25, 0.3) is 0 Å². The minimum atomic E-state index is -2.69. The average Bonchev–Trinajstić information content (AvgIpc) is 3.23. The van der Waals surface area contributed by atoms with Crippen molar-refractivity contribution < 1.29 is 17.7 Å². The van der Waals surface area contributed by atoms with Crippen molar-refractivity contribution in [3.63, 3.8) is 0 Å². The molecule has 4 aliphatic rings. The highest BCUT2D eigenvalue weighted by atomic mass is 28.4. The van der Waals surface area contributed by atoms with E-state index in [9.17, 15) is 0 Å². The molecule has 0 atom stereocenters. The van der Waals surface area contributed by atoms with Gasteiger partial charge in [-0.25, -0.2) is 0 Å². The summed E-state index contributed by atoms with van der Waals surface area (Å²) in [4.78, 5) is 0. The highest BCUT2D eigenvalue weighted by Gasteiger charge is 2.55. The second-order valence-electron chi connectivity index (χ2n) is 5.94. The molecule has 4 fully saturated rings. The lowest BCUT2D eigenvalue weighted by Crippen LogP contribution is -2.58. The maximum absolute atomic E-state index is 5.84. The summed E-state index contributed by atoms with van der Waals surface area (Å²) in [6, 6.07) is 0. The average molecular weight is 256 g/mol. The van der Waals surface area contributed by atoms with Gasteiger partial charge in [0.2, 0.25) is 0 Å². The van der Waals surface area contributed by atoms with E-state index in [1.54, 1.807) is 0 Å². The smallest absolute Gasteiger partial charge is 0.351 e. The SMILES string of the molecule is C1CC1C1CO[Si]2(OC1)OCC(C1CC1)CO2. The van der Waals surface area contributed by atoms with Crippen LogP contribution < -0.4 is 0 Å². The van der Waals surface area contributed by atoms with Crippen molar-refractivity contribution in [2.24, 2.45) is 23.7 Å². The molecule has 2 heterocycles. The lowest BCUT2D eigenvalue weighted by atomic mass is 10.1. The van der Waals surface area contributed by atoms with Gasteiger partial charge in [0.05, 0.1) is 0 Å². The van der Waals surface area contributed by atoms with Gasteiger partial charge >= 0.3 is 9.05 Å². The molecule has 1 spiro atoms. The Kier molecular flexibility index (Phi) is 2.59. The molecule has 0 aromatic rings. The summed E-state index contributed by atoms with van der Waals surface area (Å²) in [5.41, 5.74) is 0. The molecular weight excluding hydrogens is 236 g/mol. The fourth-order valence-corrected chi connectivity index (χ4v) is 5.04. The largest absolute Gasteiger partial charge is 0.679 e. The molecule has 0 bridgehead atoms. The van der Waals surface area contributed by atoms with Gasteiger partial charge in [0.1, 0.15) is 0 Å². The Morgan fingerprint density at radius 2 is 0.882 bits per heavy atom. The van der Waals surface area contributed by atoms with Crippen molar-refractivity contribution in [2.75, 3.05) is 26.4 Å². The van der Waals surface area contributed by atoms with Crippen molar-refractivity contribution in [1.82, 2.24) is 0 Å². The summed E-state index contributed by atoms with van der Waals surface area (Å²) < 4.78 is 23.4. The molecule has 2 saturated heterocycles.